The summed E-state index contributed by atoms with van der Waals surface area (Å²) in [5.74, 6) is 0. The Morgan fingerprint density at radius 1 is 1.22 bits per heavy atom. The second-order valence-electron chi connectivity index (χ2n) is 1.62. The number of alkyl halides is 2. The molecule has 0 rings (SSSR count). The third kappa shape index (κ3) is 739. The van der Waals surface area contributed by atoms with E-state index >= 15 is 0 Å². The van der Waals surface area contributed by atoms with Crippen LogP contribution in [0.4, 0.5) is 17.3 Å². The van der Waals surface area contributed by atoms with Crippen molar-refractivity contribution in [3.8, 4) is 0 Å². The van der Waals surface area contributed by atoms with Crippen LogP contribution < -0.4 is 0 Å². The van der Waals surface area contributed by atoms with E-state index in [2.05, 4.69) is 0 Å². The molecule has 5 nitrogen and oxygen atoms in total. The zero-order valence-electron chi connectivity index (χ0n) is 9.39. The van der Waals surface area contributed by atoms with E-state index in [0.717, 1.165) is 13.2 Å². The topological polar surface area (TPSA) is 72.6 Å². The molecule has 1 radical (unpaired) electrons. The molecular weight excluding hydrogens is 404 g/mol. The van der Waals surface area contributed by atoms with Crippen molar-refractivity contribution in [3.05, 3.63) is 10.1 Å². The molecule has 13 heteroatoms. The molecule has 0 bridgehead atoms. The fourth-order valence-corrected chi connectivity index (χ4v) is 0.204. The SMILES string of the molecule is CCOCC.ClCCl.F[B-](F)(F)F.O=[N+]([O-])O.[Ag]. The Morgan fingerprint density at radius 3 is 1.33 bits per heavy atom. The van der Waals surface area contributed by atoms with Crippen LogP contribution in [0.5, 0.6) is 0 Å². The summed E-state index contributed by atoms with van der Waals surface area (Å²) in [6.07, 6.45) is 0. The Kier molecular flexibility index (Phi) is 44.6. The molecular formula is C5H13AgBCl2F4NO4-. The van der Waals surface area contributed by atoms with Gasteiger partial charge in [0, 0.05) is 35.6 Å². The van der Waals surface area contributed by atoms with E-state index in [4.69, 9.17) is 43.3 Å². The first-order valence-corrected chi connectivity index (χ1v) is 5.03. The van der Waals surface area contributed by atoms with Gasteiger partial charge in [0.15, 0.2) is 0 Å². The molecule has 0 atom stereocenters. The zero-order chi connectivity index (χ0) is 14.9. The number of nitrogens with zero attached hydrogens (tertiary/aromatic N) is 1. The smallest absolute Gasteiger partial charge is 0.418 e. The van der Waals surface area contributed by atoms with Crippen LogP contribution in [0.1, 0.15) is 13.8 Å². The molecule has 0 aliphatic heterocycles. The largest absolute Gasteiger partial charge is 0.673 e. The van der Waals surface area contributed by atoms with E-state index < -0.39 is 12.3 Å². The molecule has 0 saturated carbocycles. The molecule has 0 amide bonds. The summed E-state index contributed by atoms with van der Waals surface area (Å²) in [6.45, 7) is 5.67. The van der Waals surface area contributed by atoms with Crippen molar-refractivity contribution in [1.29, 1.82) is 0 Å². The minimum Gasteiger partial charge on any atom is -0.418 e. The standard InChI is InChI=1S/C4H10O.CH2Cl2.Ag.BF4.HNO3/c1-3-5-4-2;2-1-3;;2-1(3,4)5;2-1(3)4/h3-4H2,1-2H3;1H2;;;(H,2,3,4)/q;;;-1;. The number of hydrogen-bond acceptors (Lipinski definition) is 3. The summed E-state index contributed by atoms with van der Waals surface area (Å²) in [5, 5.41) is 13.8. The monoisotopic (exact) mass is 415 g/mol. The van der Waals surface area contributed by atoms with Gasteiger partial charge in [-0.25, -0.2) is 0 Å². The molecule has 0 aromatic carbocycles. The maximum Gasteiger partial charge on any atom is 0.673 e. The summed E-state index contributed by atoms with van der Waals surface area (Å²) >= 11 is 9.53. The summed E-state index contributed by atoms with van der Waals surface area (Å²) in [5.41, 5.74) is 0. The van der Waals surface area contributed by atoms with Gasteiger partial charge in [-0.1, -0.05) is 0 Å². The predicted molar refractivity (Wildman–Crippen MR) is 57.7 cm³/mol. The van der Waals surface area contributed by atoms with Gasteiger partial charge in [-0.05, 0) is 13.8 Å². The Balaban J connectivity index is -0.0000000417. The van der Waals surface area contributed by atoms with Crippen LogP contribution in [0.3, 0.4) is 0 Å². The molecule has 0 spiro atoms. The van der Waals surface area contributed by atoms with Gasteiger partial charge in [0.05, 0.1) is 5.34 Å². The van der Waals surface area contributed by atoms with Crippen molar-refractivity contribution in [2.24, 2.45) is 0 Å². The van der Waals surface area contributed by atoms with Crippen LogP contribution in [-0.2, 0) is 27.1 Å². The van der Waals surface area contributed by atoms with E-state index in [1.165, 1.54) is 0 Å². The Labute approximate surface area is 127 Å². The van der Waals surface area contributed by atoms with E-state index in [1.807, 2.05) is 13.8 Å². The maximum absolute atomic E-state index is 9.75. The van der Waals surface area contributed by atoms with Gasteiger partial charge in [-0.15, -0.1) is 33.3 Å². The van der Waals surface area contributed by atoms with Crippen molar-refractivity contribution in [2.45, 2.75) is 13.8 Å². The summed E-state index contributed by atoms with van der Waals surface area (Å²) < 4.78 is 43.8. The van der Waals surface area contributed by atoms with Crippen LogP contribution in [-0.4, -0.2) is 36.1 Å². The van der Waals surface area contributed by atoms with Gasteiger partial charge in [0.1, 0.15) is 0 Å². The molecule has 0 aromatic rings. The van der Waals surface area contributed by atoms with Crippen molar-refractivity contribution in [3.63, 3.8) is 0 Å². The number of hydrogen-bond donors (Lipinski definition) is 1. The van der Waals surface area contributed by atoms with E-state index in [1.54, 1.807) is 0 Å². The fraction of sp³-hybridized carbons (Fsp3) is 1.00. The van der Waals surface area contributed by atoms with Crippen LogP contribution >= 0.6 is 23.2 Å². The molecule has 119 valence electrons. The molecule has 0 aliphatic carbocycles. The Bertz CT molecular complexity index is 148. The van der Waals surface area contributed by atoms with Gasteiger partial charge < -0.3 is 27.2 Å². The van der Waals surface area contributed by atoms with Gasteiger partial charge in [-0.3, -0.25) is 0 Å². The van der Waals surface area contributed by atoms with E-state index in [0.29, 0.717) is 0 Å². The predicted octanol–water partition coefficient (Wildman–Crippen LogP) is 3.41. The Morgan fingerprint density at radius 2 is 1.33 bits per heavy atom. The maximum atomic E-state index is 9.75. The van der Waals surface area contributed by atoms with Crippen molar-refractivity contribution in [1.82, 2.24) is 0 Å². The fourth-order valence-electron chi connectivity index (χ4n) is 0.204. The molecule has 0 heterocycles. The molecule has 18 heavy (non-hydrogen) atoms. The quantitative estimate of drug-likeness (QED) is 0.246. The molecule has 0 saturated heterocycles. The normalized spacial score (nSPS) is 8.00. The third-order valence-corrected chi connectivity index (χ3v) is 0.408. The summed E-state index contributed by atoms with van der Waals surface area (Å²) in [4.78, 5) is 8.36. The second-order valence-corrected chi connectivity index (χ2v) is 2.42. The van der Waals surface area contributed by atoms with Crippen LogP contribution in [0.25, 0.3) is 0 Å². The van der Waals surface area contributed by atoms with E-state index in [9.17, 15) is 17.3 Å². The van der Waals surface area contributed by atoms with Crippen LogP contribution in [0.2, 0.25) is 0 Å². The molecule has 1 N–H and O–H groups in total. The third-order valence-electron chi connectivity index (χ3n) is 0.408. The molecule has 0 unspecified atom stereocenters. The van der Waals surface area contributed by atoms with Crippen LogP contribution in [0, 0.1) is 10.1 Å². The summed E-state index contributed by atoms with van der Waals surface area (Å²) in [6, 6.07) is 0. The van der Waals surface area contributed by atoms with Crippen molar-refractivity contribution in [2.75, 3.05) is 18.6 Å². The van der Waals surface area contributed by atoms with Crippen LogP contribution in [0.15, 0.2) is 0 Å². The minimum atomic E-state index is -6.00. The minimum absolute atomic E-state index is 0. The first-order valence-electron chi connectivity index (χ1n) is 3.96. The van der Waals surface area contributed by atoms with Gasteiger partial charge >= 0.3 is 7.25 Å². The average Bonchev–Trinajstić information content (AvgIpc) is 2.02. The van der Waals surface area contributed by atoms with Crippen molar-refractivity contribution < 1.29 is 54.7 Å². The molecule has 0 aliphatic rings. The van der Waals surface area contributed by atoms with E-state index in [-0.39, 0.29) is 27.7 Å². The van der Waals surface area contributed by atoms with Gasteiger partial charge in [0.25, 0.3) is 5.09 Å². The Hall–Kier alpha value is 0.265. The summed E-state index contributed by atoms with van der Waals surface area (Å²) in [7, 11) is -6.00. The van der Waals surface area contributed by atoms with Gasteiger partial charge in [0.2, 0.25) is 0 Å². The first kappa shape index (κ1) is 30.9. The molecule has 0 aromatic heterocycles. The second kappa shape index (κ2) is 26.0. The van der Waals surface area contributed by atoms with Crippen molar-refractivity contribution >= 4 is 30.5 Å². The number of ether oxygens (including phenoxy) is 1. The number of halogens is 6. The average molecular weight is 417 g/mol. The molecule has 0 fully saturated rings. The zero-order valence-corrected chi connectivity index (χ0v) is 12.4. The number of rotatable bonds is 2. The van der Waals surface area contributed by atoms with Gasteiger partial charge in [-0.2, -0.15) is 0 Å². The first-order chi connectivity index (χ1) is 7.56.